The van der Waals surface area contributed by atoms with Crippen LogP contribution >= 0.6 is 23.2 Å². The number of imidazole rings is 1. The highest BCUT2D eigenvalue weighted by Crippen LogP contribution is 2.37. The molecule has 0 bridgehead atoms. The van der Waals surface area contributed by atoms with Crippen molar-refractivity contribution in [2.75, 3.05) is 31.1 Å². The lowest BCUT2D eigenvalue weighted by atomic mass is 9.93. The minimum absolute atomic E-state index is 0.00382. The summed E-state index contributed by atoms with van der Waals surface area (Å²) in [5.41, 5.74) is 3.35. The van der Waals surface area contributed by atoms with E-state index in [0.717, 1.165) is 29.0 Å². The standard InChI is InChI=1S/C29H27Cl2N5O/c1-29(37,23-5-9-25(10-6-23)35-13-12-33-20-35)19-34-14-15-36(27-11-2-21(17-32)16-26(27)31)28(18-34)22-3-7-24(30)8-4-22/h2-13,16,20,28,37H,14-15,18-19H2,1H3/t28-,29+/m0/s1. The van der Waals surface area contributed by atoms with Crippen LogP contribution in [-0.2, 0) is 5.60 Å². The summed E-state index contributed by atoms with van der Waals surface area (Å²) in [4.78, 5) is 8.66. The largest absolute Gasteiger partial charge is 0.384 e. The van der Waals surface area contributed by atoms with Gasteiger partial charge in [-0.05, 0) is 60.5 Å². The molecule has 1 N–H and O–H groups in total. The van der Waals surface area contributed by atoms with Gasteiger partial charge in [0, 0.05) is 49.3 Å². The summed E-state index contributed by atoms with van der Waals surface area (Å²) in [6.07, 6.45) is 5.39. The zero-order valence-corrected chi connectivity index (χ0v) is 21.9. The second kappa shape index (κ2) is 10.6. The fourth-order valence-electron chi connectivity index (χ4n) is 4.98. The third kappa shape index (κ3) is 5.51. The van der Waals surface area contributed by atoms with Crippen molar-refractivity contribution in [1.29, 1.82) is 5.26 Å². The molecular weight excluding hydrogens is 505 g/mol. The third-order valence-corrected chi connectivity index (χ3v) is 7.48. The first-order valence-electron chi connectivity index (χ1n) is 12.1. The Bertz CT molecular complexity index is 1400. The van der Waals surface area contributed by atoms with Crippen LogP contribution in [0.3, 0.4) is 0 Å². The van der Waals surface area contributed by atoms with Crippen LogP contribution in [0.5, 0.6) is 0 Å². The van der Waals surface area contributed by atoms with Gasteiger partial charge in [-0.2, -0.15) is 5.26 Å². The van der Waals surface area contributed by atoms with Crippen molar-refractivity contribution in [3.63, 3.8) is 0 Å². The summed E-state index contributed by atoms with van der Waals surface area (Å²) in [5.74, 6) is 0. The number of β-amino-alcohol motifs (C(OH)–C–C–N with tert-alkyl or cyclic N) is 1. The van der Waals surface area contributed by atoms with Gasteiger partial charge >= 0.3 is 0 Å². The molecule has 3 aromatic carbocycles. The Balaban J connectivity index is 1.38. The van der Waals surface area contributed by atoms with Crippen molar-refractivity contribution in [3.8, 4) is 11.8 Å². The summed E-state index contributed by atoms with van der Waals surface area (Å²) in [5, 5.41) is 22.0. The van der Waals surface area contributed by atoms with Crippen molar-refractivity contribution in [2.24, 2.45) is 0 Å². The molecule has 0 saturated carbocycles. The van der Waals surface area contributed by atoms with E-state index < -0.39 is 5.60 Å². The first-order valence-corrected chi connectivity index (χ1v) is 12.8. The minimum Gasteiger partial charge on any atom is -0.384 e. The first kappa shape index (κ1) is 25.3. The van der Waals surface area contributed by atoms with E-state index >= 15 is 0 Å². The molecule has 0 radical (unpaired) electrons. The number of hydrogen-bond acceptors (Lipinski definition) is 5. The molecule has 37 heavy (non-hydrogen) atoms. The molecule has 2 heterocycles. The smallest absolute Gasteiger partial charge is 0.0994 e. The Morgan fingerprint density at radius 1 is 1.05 bits per heavy atom. The number of piperazine rings is 1. The zero-order chi connectivity index (χ0) is 26.0. The lowest BCUT2D eigenvalue weighted by molar-refractivity contribution is 0.0103. The molecule has 6 nitrogen and oxygen atoms in total. The Hall–Kier alpha value is -3.34. The first-order chi connectivity index (χ1) is 17.8. The van der Waals surface area contributed by atoms with E-state index in [4.69, 9.17) is 23.2 Å². The summed E-state index contributed by atoms with van der Waals surface area (Å²) in [7, 11) is 0. The quantitative estimate of drug-likeness (QED) is 0.339. The summed E-state index contributed by atoms with van der Waals surface area (Å²) in [6.45, 7) is 4.51. The molecule has 0 unspecified atom stereocenters. The summed E-state index contributed by atoms with van der Waals surface area (Å²) < 4.78 is 1.93. The van der Waals surface area contributed by atoms with Gasteiger partial charge in [0.1, 0.15) is 0 Å². The normalized spacial score (nSPS) is 17.8. The van der Waals surface area contributed by atoms with E-state index in [9.17, 15) is 10.4 Å². The van der Waals surface area contributed by atoms with Crippen molar-refractivity contribution >= 4 is 28.9 Å². The van der Waals surface area contributed by atoms with Gasteiger partial charge in [0.2, 0.25) is 0 Å². The highest BCUT2D eigenvalue weighted by atomic mass is 35.5. The van der Waals surface area contributed by atoms with Gasteiger partial charge in [-0.15, -0.1) is 0 Å². The van der Waals surface area contributed by atoms with E-state index in [1.807, 2.05) is 72.3 Å². The fourth-order valence-corrected chi connectivity index (χ4v) is 5.40. The van der Waals surface area contributed by atoms with Crippen LogP contribution in [0.1, 0.15) is 29.7 Å². The van der Waals surface area contributed by atoms with Gasteiger partial charge < -0.3 is 14.6 Å². The van der Waals surface area contributed by atoms with Gasteiger partial charge in [-0.1, -0.05) is 47.5 Å². The van der Waals surface area contributed by atoms with Crippen LogP contribution in [0.25, 0.3) is 5.69 Å². The molecule has 4 aromatic rings. The summed E-state index contributed by atoms with van der Waals surface area (Å²) >= 11 is 12.8. The van der Waals surface area contributed by atoms with Crippen LogP contribution in [0.4, 0.5) is 5.69 Å². The molecule has 5 rings (SSSR count). The number of halogens is 2. The fraction of sp³-hybridized carbons (Fsp3) is 0.241. The molecule has 188 valence electrons. The average Bonchev–Trinajstić information content (AvgIpc) is 3.44. The van der Waals surface area contributed by atoms with Crippen molar-refractivity contribution < 1.29 is 5.11 Å². The average molecular weight is 532 g/mol. The second-order valence-electron chi connectivity index (χ2n) is 9.56. The van der Waals surface area contributed by atoms with Crippen LogP contribution in [0, 0.1) is 11.3 Å². The van der Waals surface area contributed by atoms with E-state index in [1.165, 1.54) is 0 Å². The van der Waals surface area contributed by atoms with E-state index in [0.29, 0.717) is 35.2 Å². The highest BCUT2D eigenvalue weighted by Gasteiger charge is 2.34. The summed E-state index contributed by atoms with van der Waals surface area (Å²) in [6, 6.07) is 23.4. The van der Waals surface area contributed by atoms with Crippen LogP contribution in [-0.4, -0.2) is 45.7 Å². The Morgan fingerprint density at radius 3 is 2.46 bits per heavy atom. The number of nitriles is 1. The van der Waals surface area contributed by atoms with Crippen molar-refractivity contribution in [3.05, 3.63) is 112 Å². The third-order valence-electron chi connectivity index (χ3n) is 6.93. The predicted octanol–water partition coefficient (Wildman–Crippen LogP) is 5.82. The van der Waals surface area contributed by atoms with E-state index in [2.05, 4.69) is 20.9 Å². The Morgan fingerprint density at radius 2 is 1.81 bits per heavy atom. The molecule has 0 aliphatic carbocycles. The lowest BCUT2D eigenvalue weighted by Gasteiger charge is -2.45. The molecule has 0 spiro atoms. The molecule has 0 amide bonds. The molecule has 1 aliphatic rings. The maximum Gasteiger partial charge on any atom is 0.0994 e. The molecule has 8 heteroatoms. The Kier molecular flexibility index (Phi) is 7.23. The SMILES string of the molecule is C[C@@](O)(CN1CCN(c2ccc(C#N)cc2Cl)[C@H](c2ccc(Cl)cc2)C1)c1ccc(-n2ccnc2)cc1. The Labute approximate surface area is 226 Å². The number of rotatable bonds is 6. The van der Waals surface area contributed by atoms with E-state index in [-0.39, 0.29) is 6.04 Å². The van der Waals surface area contributed by atoms with Gasteiger partial charge in [-0.25, -0.2) is 4.98 Å². The number of aliphatic hydroxyl groups is 1. The lowest BCUT2D eigenvalue weighted by Crippen LogP contribution is -2.52. The van der Waals surface area contributed by atoms with Crippen LogP contribution in [0.15, 0.2) is 85.5 Å². The van der Waals surface area contributed by atoms with E-state index in [1.54, 1.807) is 24.7 Å². The van der Waals surface area contributed by atoms with Gasteiger partial charge in [0.15, 0.2) is 0 Å². The zero-order valence-electron chi connectivity index (χ0n) is 20.4. The van der Waals surface area contributed by atoms with Gasteiger partial charge in [-0.3, -0.25) is 4.90 Å². The van der Waals surface area contributed by atoms with Crippen LogP contribution < -0.4 is 4.90 Å². The predicted molar refractivity (Wildman–Crippen MR) is 147 cm³/mol. The van der Waals surface area contributed by atoms with Crippen molar-refractivity contribution in [2.45, 2.75) is 18.6 Å². The van der Waals surface area contributed by atoms with Gasteiger partial charge in [0.25, 0.3) is 0 Å². The molecule has 1 aliphatic heterocycles. The number of hydrogen-bond donors (Lipinski definition) is 1. The number of aromatic nitrogens is 2. The maximum atomic E-state index is 11.5. The van der Waals surface area contributed by atoms with Crippen LogP contribution in [0.2, 0.25) is 10.0 Å². The number of anilines is 1. The monoisotopic (exact) mass is 531 g/mol. The minimum atomic E-state index is -1.04. The molecule has 1 saturated heterocycles. The van der Waals surface area contributed by atoms with Crippen molar-refractivity contribution in [1.82, 2.24) is 14.5 Å². The molecular formula is C29H27Cl2N5O. The number of nitrogens with zero attached hydrogens (tertiary/aromatic N) is 5. The second-order valence-corrected chi connectivity index (χ2v) is 10.4. The molecule has 1 fully saturated rings. The maximum absolute atomic E-state index is 11.5. The highest BCUT2D eigenvalue weighted by molar-refractivity contribution is 6.33. The molecule has 1 aromatic heterocycles. The number of benzene rings is 3. The molecule has 2 atom stereocenters. The topological polar surface area (TPSA) is 68.3 Å². The van der Waals surface area contributed by atoms with Gasteiger partial charge in [0.05, 0.1) is 40.3 Å².